The summed E-state index contributed by atoms with van der Waals surface area (Å²) in [6.45, 7) is 2.12. The predicted molar refractivity (Wildman–Crippen MR) is 88.4 cm³/mol. The molecule has 0 aromatic heterocycles. The van der Waals surface area contributed by atoms with E-state index in [2.05, 4.69) is 42.2 Å². The van der Waals surface area contributed by atoms with Crippen molar-refractivity contribution >= 4 is 16.5 Å². The van der Waals surface area contributed by atoms with Crippen molar-refractivity contribution in [2.45, 2.75) is 6.92 Å². The Morgan fingerprint density at radius 1 is 0.810 bits per heavy atom. The van der Waals surface area contributed by atoms with Crippen LogP contribution in [0.5, 0.6) is 0 Å². The van der Waals surface area contributed by atoms with Crippen LogP contribution in [0.15, 0.2) is 54.6 Å². The Hall–Kier alpha value is -2.35. The van der Waals surface area contributed by atoms with Gasteiger partial charge in [0.05, 0.1) is 0 Å². The Morgan fingerprint density at radius 2 is 1.52 bits per heavy atom. The molecule has 0 aliphatic carbocycles. The topological polar surface area (TPSA) is 3.24 Å². The minimum atomic E-state index is -0.203. The Kier molecular flexibility index (Phi) is 3.38. The Morgan fingerprint density at radius 3 is 2.19 bits per heavy atom. The van der Waals surface area contributed by atoms with E-state index in [0.717, 1.165) is 11.1 Å². The van der Waals surface area contributed by atoms with E-state index in [-0.39, 0.29) is 5.82 Å². The van der Waals surface area contributed by atoms with Crippen molar-refractivity contribution in [2.75, 3.05) is 19.0 Å². The molecule has 0 unspecified atom stereocenters. The summed E-state index contributed by atoms with van der Waals surface area (Å²) in [4.78, 5) is 2.10. The molecule has 0 saturated heterocycles. The molecule has 0 bridgehead atoms. The summed E-state index contributed by atoms with van der Waals surface area (Å²) in [6, 6.07) is 17.5. The second kappa shape index (κ2) is 5.21. The molecular weight excluding hydrogens is 261 g/mol. The van der Waals surface area contributed by atoms with Crippen LogP contribution in [0.3, 0.4) is 0 Å². The molecular formula is C19H18FN. The summed E-state index contributed by atoms with van der Waals surface area (Å²) in [5, 5.41) is 2.46. The molecule has 0 heterocycles. The van der Waals surface area contributed by atoms with Gasteiger partial charge in [0, 0.05) is 19.8 Å². The molecule has 0 atom stereocenters. The SMILES string of the molecule is Cc1cc(-c2ccc(F)cc2)cc2cc(N(C)C)ccc12. The smallest absolute Gasteiger partial charge is 0.123 e. The largest absolute Gasteiger partial charge is 0.378 e. The van der Waals surface area contributed by atoms with Gasteiger partial charge in [0.15, 0.2) is 0 Å². The van der Waals surface area contributed by atoms with E-state index in [1.54, 1.807) is 0 Å². The maximum absolute atomic E-state index is 13.1. The van der Waals surface area contributed by atoms with Crippen LogP contribution in [0.1, 0.15) is 5.56 Å². The molecule has 0 aliphatic heterocycles. The van der Waals surface area contributed by atoms with Gasteiger partial charge < -0.3 is 4.90 Å². The highest BCUT2D eigenvalue weighted by atomic mass is 19.1. The fraction of sp³-hybridized carbons (Fsp3) is 0.158. The normalized spacial score (nSPS) is 10.9. The molecule has 3 aromatic rings. The molecule has 0 aliphatic rings. The zero-order valence-electron chi connectivity index (χ0n) is 12.5. The highest BCUT2D eigenvalue weighted by Crippen LogP contribution is 2.30. The van der Waals surface area contributed by atoms with E-state index in [1.807, 2.05) is 26.2 Å². The van der Waals surface area contributed by atoms with Crippen LogP contribution in [-0.2, 0) is 0 Å². The molecule has 0 N–H and O–H groups in total. The van der Waals surface area contributed by atoms with Crippen molar-refractivity contribution in [3.63, 3.8) is 0 Å². The number of aryl methyl sites for hydroxylation is 1. The van der Waals surface area contributed by atoms with Crippen molar-refractivity contribution in [2.24, 2.45) is 0 Å². The lowest BCUT2D eigenvalue weighted by Crippen LogP contribution is -2.08. The number of benzene rings is 3. The van der Waals surface area contributed by atoms with Gasteiger partial charge in [-0.25, -0.2) is 4.39 Å². The highest BCUT2D eigenvalue weighted by Gasteiger charge is 2.05. The summed E-state index contributed by atoms with van der Waals surface area (Å²) in [7, 11) is 4.08. The van der Waals surface area contributed by atoms with Crippen LogP contribution in [0.2, 0.25) is 0 Å². The number of anilines is 1. The number of nitrogens with zero attached hydrogens (tertiary/aromatic N) is 1. The van der Waals surface area contributed by atoms with E-state index in [9.17, 15) is 4.39 Å². The van der Waals surface area contributed by atoms with Crippen molar-refractivity contribution in [3.05, 3.63) is 66.0 Å². The molecule has 3 aromatic carbocycles. The van der Waals surface area contributed by atoms with Gasteiger partial charge in [-0.1, -0.05) is 24.3 Å². The summed E-state index contributed by atoms with van der Waals surface area (Å²) in [5.74, 6) is -0.203. The van der Waals surface area contributed by atoms with Crippen molar-refractivity contribution < 1.29 is 4.39 Å². The molecule has 0 spiro atoms. The second-order valence-electron chi connectivity index (χ2n) is 5.60. The third-order valence-corrected chi connectivity index (χ3v) is 3.84. The van der Waals surface area contributed by atoms with Gasteiger partial charge >= 0.3 is 0 Å². The van der Waals surface area contributed by atoms with Gasteiger partial charge in [-0.05, 0) is 64.7 Å². The molecule has 106 valence electrons. The van der Waals surface area contributed by atoms with E-state index in [0.29, 0.717) is 0 Å². The molecule has 0 fully saturated rings. The first kappa shape index (κ1) is 13.6. The molecule has 21 heavy (non-hydrogen) atoms. The summed E-state index contributed by atoms with van der Waals surface area (Å²) < 4.78 is 13.1. The first-order chi connectivity index (χ1) is 10.0. The van der Waals surface area contributed by atoms with E-state index >= 15 is 0 Å². The Bertz CT molecular complexity index is 789. The van der Waals surface area contributed by atoms with Crippen molar-refractivity contribution in [1.82, 2.24) is 0 Å². The number of hydrogen-bond acceptors (Lipinski definition) is 1. The monoisotopic (exact) mass is 279 g/mol. The lowest BCUT2D eigenvalue weighted by molar-refractivity contribution is 0.628. The van der Waals surface area contributed by atoms with Gasteiger partial charge in [-0.3, -0.25) is 0 Å². The second-order valence-corrected chi connectivity index (χ2v) is 5.60. The third kappa shape index (κ3) is 2.62. The first-order valence-corrected chi connectivity index (χ1v) is 7.02. The Labute approximate surface area is 124 Å². The average molecular weight is 279 g/mol. The lowest BCUT2D eigenvalue weighted by Gasteiger charge is -2.14. The van der Waals surface area contributed by atoms with Crippen molar-refractivity contribution in [3.8, 4) is 11.1 Å². The van der Waals surface area contributed by atoms with Crippen LogP contribution in [0, 0.1) is 12.7 Å². The number of fused-ring (bicyclic) bond motifs is 1. The minimum absolute atomic E-state index is 0.203. The third-order valence-electron chi connectivity index (χ3n) is 3.84. The average Bonchev–Trinajstić information content (AvgIpc) is 2.47. The maximum Gasteiger partial charge on any atom is 0.123 e. The molecule has 1 nitrogen and oxygen atoms in total. The molecule has 2 heteroatoms. The van der Waals surface area contributed by atoms with Gasteiger partial charge in [0.1, 0.15) is 5.82 Å². The van der Waals surface area contributed by atoms with Crippen molar-refractivity contribution in [1.29, 1.82) is 0 Å². The molecule has 3 rings (SSSR count). The fourth-order valence-electron chi connectivity index (χ4n) is 2.64. The summed E-state index contributed by atoms with van der Waals surface area (Å²) in [5.41, 5.74) is 4.57. The van der Waals surface area contributed by atoms with Crippen LogP contribution in [0.25, 0.3) is 21.9 Å². The zero-order chi connectivity index (χ0) is 15.0. The van der Waals surface area contributed by atoms with Gasteiger partial charge in [0.25, 0.3) is 0 Å². The lowest BCUT2D eigenvalue weighted by atomic mass is 9.97. The van der Waals surface area contributed by atoms with Crippen LogP contribution < -0.4 is 4.90 Å². The molecule has 0 amide bonds. The van der Waals surface area contributed by atoms with Crippen LogP contribution in [-0.4, -0.2) is 14.1 Å². The maximum atomic E-state index is 13.1. The van der Waals surface area contributed by atoms with E-state index < -0.39 is 0 Å². The minimum Gasteiger partial charge on any atom is -0.378 e. The summed E-state index contributed by atoms with van der Waals surface area (Å²) >= 11 is 0. The van der Waals surface area contributed by atoms with Crippen LogP contribution >= 0.6 is 0 Å². The fourth-order valence-corrected chi connectivity index (χ4v) is 2.64. The number of hydrogen-bond donors (Lipinski definition) is 0. The van der Waals surface area contributed by atoms with Gasteiger partial charge in [-0.15, -0.1) is 0 Å². The van der Waals surface area contributed by atoms with Gasteiger partial charge in [0.2, 0.25) is 0 Å². The first-order valence-electron chi connectivity index (χ1n) is 7.02. The summed E-state index contributed by atoms with van der Waals surface area (Å²) in [6.07, 6.45) is 0. The van der Waals surface area contributed by atoms with Crippen LogP contribution in [0.4, 0.5) is 10.1 Å². The molecule has 0 radical (unpaired) electrons. The predicted octanol–water partition coefficient (Wildman–Crippen LogP) is 5.02. The molecule has 0 saturated carbocycles. The highest BCUT2D eigenvalue weighted by molar-refractivity contribution is 5.92. The quantitative estimate of drug-likeness (QED) is 0.636. The Balaban J connectivity index is 2.18. The number of rotatable bonds is 2. The number of halogens is 1. The van der Waals surface area contributed by atoms with E-state index in [1.165, 1.54) is 34.2 Å². The standard InChI is InChI=1S/C19H18FN/c1-13-10-15(14-4-6-17(20)7-5-14)11-16-12-18(21(2)3)8-9-19(13)16/h4-12H,1-3H3. The van der Waals surface area contributed by atoms with E-state index in [4.69, 9.17) is 0 Å². The zero-order valence-corrected chi connectivity index (χ0v) is 12.5. The van der Waals surface area contributed by atoms with Gasteiger partial charge in [-0.2, -0.15) is 0 Å².